The summed E-state index contributed by atoms with van der Waals surface area (Å²) in [6, 6.07) is 8.30. The van der Waals surface area contributed by atoms with Crippen molar-refractivity contribution < 1.29 is 4.39 Å². The number of hydrogen-bond donors (Lipinski definition) is 1. The molecule has 1 unspecified atom stereocenters. The maximum Gasteiger partial charge on any atom is 0.216 e. The lowest BCUT2D eigenvalue weighted by Gasteiger charge is -2.19. The monoisotopic (exact) mass is 303 g/mol. The Bertz CT molecular complexity index is 631. The highest BCUT2D eigenvalue weighted by molar-refractivity contribution is 5.53. The van der Waals surface area contributed by atoms with Crippen LogP contribution >= 0.6 is 0 Å². The molecule has 0 fully saturated rings. The second-order valence-corrected chi connectivity index (χ2v) is 6.45. The summed E-state index contributed by atoms with van der Waals surface area (Å²) in [4.78, 5) is 0. The zero-order valence-corrected chi connectivity index (χ0v) is 14.2. The zero-order chi connectivity index (χ0) is 16.3. The van der Waals surface area contributed by atoms with Gasteiger partial charge in [0.1, 0.15) is 0 Å². The average molecular weight is 303 g/mol. The van der Waals surface area contributed by atoms with Crippen molar-refractivity contribution in [2.24, 2.45) is 13.0 Å². The molecule has 1 aromatic carbocycles. The van der Waals surface area contributed by atoms with Gasteiger partial charge in [-0.25, -0.2) is 4.68 Å². The Morgan fingerprint density at radius 3 is 2.50 bits per heavy atom. The van der Waals surface area contributed by atoms with Gasteiger partial charge >= 0.3 is 0 Å². The van der Waals surface area contributed by atoms with E-state index in [1.54, 1.807) is 7.05 Å². The van der Waals surface area contributed by atoms with Crippen LogP contribution in [0.25, 0.3) is 0 Å². The van der Waals surface area contributed by atoms with Crippen LogP contribution in [0.2, 0.25) is 0 Å². The molecular formula is C18H26FN3. The molecule has 1 N–H and O–H groups in total. The Labute approximate surface area is 132 Å². The molecule has 1 atom stereocenters. The lowest BCUT2D eigenvalue weighted by Crippen LogP contribution is -2.07. The van der Waals surface area contributed by atoms with Crippen LogP contribution in [0.15, 0.2) is 24.3 Å². The maximum absolute atomic E-state index is 14.0. The molecule has 0 aliphatic rings. The molecule has 3 nitrogen and oxygen atoms in total. The molecule has 0 aliphatic carbocycles. The van der Waals surface area contributed by atoms with E-state index < -0.39 is 0 Å². The molecule has 0 bridgehead atoms. The normalized spacial score (nSPS) is 12.7. The van der Waals surface area contributed by atoms with Gasteiger partial charge in [-0.3, -0.25) is 0 Å². The van der Waals surface area contributed by atoms with E-state index in [1.165, 1.54) is 10.2 Å². The Kier molecular flexibility index (Phi) is 5.22. The number of anilines is 1. The summed E-state index contributed by atoms with van der Waals surface area (Å²) in [5.41, 5.74) is 3.74. The molecule has 0 saturated carbocycles. The molecule has 22 heavy (non-hydrogen) atoms. The zero-order valence-electron chi connectivity index (χ0n) is 14.2. The van der Waals surface area contributed by atoms with Gasteiger partial charge in [-0.1, -0.05) is 39.0 Å². The van der Waals surface area contributed by atoms with Crippen molar-refractivity contribution in [3.8, 4) is 0 Å². The third-order valence-corrected chi connectivity index (χ3v) is 4.04. The van der Waals surface area contributed by atoms with Crippen molar-refractivity contribution in [3.63, 3.8) is 0 Å². The van der Waals surface area contributed by atoms with Gasteiger partial charge in [0.05, 0.1) is 5.69 Å². The van der Waals surface area contributed by atoms with Gasteiger partial charge < -0.3 is 5.32 Å². The Morgan fingerprint density at radius 1 is 1.23 bits per heavy atom. The van der Waals surface area contributed by atoms with Crippen molar-refractivity contribution in [3.05, 3.63) is 47.0 Å². The van der Waals surface area contributed by atoms with Crippen molar-refractivity contribution in [1.29, 1.82) is 0 Å². The molecule has 0 radical (unpaired) electrons. The molecular weight excluding hydrogens is 277 g/mol. The number of aromatic nitrogens is 2. The van der Waals surface area contributed by atoms with Crippen LogP contribution in [0.5, 0.6) is 0 Å². The average Bonchev–Trinajstić information content (AvgIpc) is 2.70. The minimum atomic E-state index is -0.266. The summed E-state index contributed by atoms with van der Waals surface area (Å²) in [5, 5.41) is 7.51. The highest BCUT2D eigenvalue weighted by atomic mass is 19.1. The number of nitrogens with zero attached hydrogens (tertiary/aromatic N) is 2. The third-order valence-electron chi connectivity index (χ3n) is 4.04. The van der Waals surface area contributed by atoms with E-state index in [2.05, 4.69) is 49.4 Å². The molecule has 4 heteroatoms. The van der Waals surface area contributed by atoms with Crippen LogP contribution in [0, 0.1) is 18.8 Å². The van der Waals surface area contributed by atoms with Gasteiger partial charge in [0.2, 0.25) is 5.95 Å². The second kappa shape index (κ2) is 6.95. The molecule has 2 rings (SSSR count). The Balaban J connectivity index is 2.16. The van der Waals surface area contributed by atoms with Gasteiger partial charge in [-0.2, -0.15) is 9.49 Å². The maximum atomic E-state index is 14.0. The molecule has 0 aliphatic heterocycles. The van der Waals surface area contributed by atoms with Crippen LogP contribution in [-0.4, -0.2) is 9.78 Å². The predicted molar refractivity (Wildman–Crippen MR) is 89.5 cm³/mol. The fourth-order valence-electron chi connectivity index (χ4n) is 2.98. The smallest absolute Gasteiger partial charge is 0.216 e. The number of benzene rings is 1. The summed E-state index contributed by atoms with van der Waals surface area (Å²) < 4.78 is 15.3. The van der Waals surface area contributed by atoms with Crippen molar-refractivity contribution in [2.75, 3.05) is 5.32 Å². The Hall–Kier alpha value is -1.84. The summed E-state index contributed by atoms with van der Waals surface area (Å²) in [6.07, 6.45) is 1.14. The lowest BCUT2D eigenvalue weighted by molar-refractivity contribution is 0.496. The summed E-state index contributed by atoms with van der Waals surface area (Å²) in [7, 11) is 1.63. The van der Waals surface area contributed by atoms with E-state index in [0.29, 0.717) is 23.9 Å². The van der Waals surface area contributed by atoms with Gasteiger partial charge in [0, 0.05) is 24.8 Å². The first-order chi connectivity index (χ1) is 10.4. The van der Waals surface area contributed by atoms with Gasteiger partial charge in [-0.15, -0.1) is 0 Å². The van der Waals surface area contributed by atoms with Crippen LogP contribution < -0.4 is 5.32 Å². The lowest BCUT2D eigenvalue weighted by atomic mass is 9.91. The SMILES string of the molecule is Cc1nn(C)c(F)c1CNc1ccccc1C(C)CC(C)C. The standard InChI is InChI=1S/C18H26FN3/c1-12(2)10-13(3)15-8-6-7-9-17(15)20-11-16-14(4)21-22(5)18(16)19/h6-9,12-13,20H,10-11H2,1-5H3. The summed E-state index contributed by atoms with van der Waals surface area (Å²) >= 11 is 0. The van der Waals surface area contributed by atoms with Crippen molar-refractivity contribution in [2.45, 2.75) is 46.6 Å². The third kappa shape index (κ3) is 3.67. The Morgan fingerprint density at radius 2 is 1.91 bits per heavy atom. The van der Waals surface area contributed by atoms with E-state index in [4.69, 9.17) is 0 Å². The minimum Gasteiger partial charge on any atom is -0.380 e. The molecule has 0 saturated heterocycles. The second-order valence-electron chi connectivity index (χ2n) is 6.45. The van der Waals surface area contributed by atoms with Gasteiger partial charge in [-0.05, 0) is 36.8 Å². The highest BCUT2D eigenvalue weighted by Crippen LogP contribution is 2.29. The van der Waals surface area contributed by atoms with Crippen LogP contribution in [0.1, 0.15) is 49.9 Å². The summed E-state index contributed by atoms with van der Waals surface area (Å²) in [5.74, 6) is 0.863. The van der Waals surface area contributed by atoms with Crippen LogP contribution in [0.4, 0.5) is 10.1 Å². The highest BCUT2D eigenvalue weighted by Gasteiger charge is 2.15. The summed E-state index contributed by atoms with van der Waals surface area (Å²) in [6.45, 7) is 9.02. The molecule has 0 amide bonds. The predicted octanol–water partition coefficient (Wildman–Crippen LogP) is 4.63. The molecule has 0 spiro atoms. The quantitative estimate of drug-likeness (QED) is 0.843. The van der Waals surface area contributed by atoms with Crippen LogP contribution in [0.3, 0.4) is 0 Å². The van der Waals surface area contributed by atoms with Crippen molar-refractivity contribution in [1.82, 2.24) is 9.78 Å². The van der Waals surface area contributed by atoms with Crippen LogP contribution in [-0.2, 0) is 13.6 Å². The first kappa shape index (κ1) is 16.5. The molecule has 120 valence electrons. The first-order valence-corrected chi connectivity index (χ1v) is 7.91. The van der Waals surface area contributed by atoms with E-state index >= 15 is 0 Å². The molecule has 1 aromatic heterocycles. The topological polar surface area (TPSA) is 29.9 Å². The van der Waals surface area contributed by atoms with E-state index in [-0.39, 0.29) is 5.95 Å². The van der Waals surface area contributed by atoms with Crippen molar-refractivity contribution >= 4 is 5.69 Å². The van der Waals surface area contributed by atoms with E-state index in [9.17, 15) is 4.39 Å². The number of nitrogens with one attached hydrogen (secondary N) is 1. The van der Waals surface area contributed by atoms with E-state index in [0.717, 1.165) is 17.8 Å². The fourth-order valence-corrected chi connectivity index (χ4v) is 2.98. The number of aryl methyl sites for hydroxylation is 2. The molecule has 2 aromatic rings. The molecule has 1 heterocycles. The number of hydrogen-bond acceptors (Lipinski definition) is 2. The first-order valence-electron chi connectivity index (χ1n) is 7.91. The minimum absolute atomic E-state index is 0.266. The fraction of sp³-hybridized carbons (Fsp3) is 0.500. The van der Waals surface area contributed by atoms with Gasteiger partial charge in [0.15, 0.2) is 0 Å². The number of para-hydroxylation sites is 1. The number of rotatable bonds is 6. The number of halogens is 1. The van der Waals surface area contributed by atoms with Gasteiger partial charge in [0.25, 0.3) is 0 Å². The largest absolute Gasteiger partial charge is 0.380 e. The van der Waals surface area contributed by atoms with E-state index in [1.807, 2.05) is 13.0 Å².